The first-order chi connectivity index (χ1) is 14.9. The lowest BCUT2D eigenvalue weighted by molar-refractivity contribution is -0.134. The van der Waals surface area contributed by atoms with Gasteiger partial charge in [-0.1, -0.05) is 49.1 Å². The average molecular weight is 434 g/mol. The first-order valence-electron chi connectivity index (χ1n) is 9.25. The van der Waals surface area contributed by atoms with E-state index in [2.05, 4.69) is 21.6 Å². The van der Waals surface area contributed by atoms with Gasteiger partial charge in [-0.2, -0.15) is 0 Å². The average Bonchev–Trinajstić information content (AvgIpc) is 2.77. The van der Waals surface area contributed by atoms with Crippen molar-refractivity contribution in [2.75, 3.05) is 20.8 Å². The van der Waals surface area contributed by atoms with Crippen molar-refractivity contribution in [2.24, 2.45) is 4.99 Å². The Hall–Kier alpha value is -3.55. The third-order valence-electron chi connectivity index (χ3n) is 3.50. The number of methoxy groups -OCH3 is 2. The van der Waals surface area contributed by atoms with E-state index in [1.807, 2.05) is 6.92 Å². The number of nitrogens with one attached hydrogen (secondary N) is 1. The van der Waals surface area contributed by atoms with Gasteiger partial charge >= 0.3 is 11.9 Å². The van der Waals surface area contributed by atoms with E-state index in [0.717, 1.165) is 6.07 Å². The summed E-state index contributed by atoms with van der Waals surface area (Å²) >= 11 is 0. The van der Waals surface area contributed by atoms with Gasteiger partial charge in [-0.25, -0.2) is 18.6 Å². The Morgan fingerprint density at radius 3 is 2.48 bits per heavy atom. The van der Waals surface area contributed by atoms with Crippen molar-refractivity contribution in [3.63, 3.8) is 0 Å². The SMILES string of the molecule is C/C=C\CNC(=O)c1c(F)cccc1CF.C=C/C=C/C=C(\C)N=C(OC)C(=O)OC. The summed E-state index contributed by atoms with van der Waals surface area (Å²) in [6, 6.07) is 3.92. The molecule has 8 heteroatoms. The van der Waals surface area contributed by atoms with Crippen LogP contribution in [0.2, 0.25) is 0 Å². The molecule has 0 aromatic heterocycles. The molecule has 0 saturated heterocycles. The van der Waals surface area contributed by atoms with Gasteiger partial charge in [-0.3, -0.25) is 4.79 Å². The number of amides is 1. The molecule has 0 heterocycles. The van der Waals surface area contributed by atoms with Crippen molar-refractivity contribution in [2.45, 2.75) is 20.5 Å². The number of ether oxygens (including phenoxy) is 2. The molecular formula is C23H28F2N2O4. The van der Waals surface area contributed by atoms with E-state index >= 15 is 0 Å². The number of allylic oxidation sites excluding steroid dienone is 6. The van der Waals surface area contributed by atoms with Crippen LogP contribution in [0.5, 0.6) is 0 Å². The summed E-state index contributed by atoms with van der Waals surface area (Å²) in [5.41, 5.74) is 0.489. The Balaban J connectivity index is 0.000000582. The molecule has 0 radical (unpaired) electrons. The normalized spacial score (nSPS) is 11.7. The number of aliphatic imine (C=N–C) groups is 1. The van der Waals surface area contributed by atoms with E-state index in [0.29, 0.717) is 12.2 Å². The minimum absolute atomic E-state index is 0.0676. The molecule has 1 rings (SSSR count). The highest BCUT2D eigenvalue weighted by atomic mass is 19.1. The highest BCUT2D eigenvalue weighted by Crippen LogP contribution is 2.14. The number of carbonyl (C=O) groups is 2. The molecule has 0 fully saturated rings. The number of alkyl halides is 1. The number of hydrogen-bond acceptors (Lipinski definition) is 5. The molecule has 0 aliphatic heterocycles. The maximum atomic E-state index is 13.4. The smallest absolute Gasteiger partial charge is 0.393 e. The van der Waals surface area contributed by atoms with E-state index < -0.39 is 24.4 Å². The van der Waals surface area contributed by atoms with E-state index in [-0.39, 0.29) is 17.0 Å². The highest BCUT2D eigenvalue weighted by molar-refractivity contribution is 6.32. The predicted molar refractivity (Wildman–Crippen MR) is 118 cm³/mol. The molecule has 0 saturated carbocycles. The van der Waals surface area contributed by atoms with E-state index in [1.165, 1.54) is 26.4 Å². The molecule has 168 valence electrons. The number of carbonyl (C=O) groups excluding carboxylic acids is 2. The molecule has 0 aliphatic rings. The number of hydrogen-bond donors (Lipinski definition) is 1. The van der Waals surface area contributed by atoms with Gasteiger partial charge in [0.1, 0.15) is 12.5 Å². The van der Waals surface area contributed by atoms with Crippen LogP contribution in [0.3, 0.4) is 0 Å². The number of benzene rings is 1. The molecule has 0 bridgehead atoms. The largest absolute Gasteiger partial charge is 0.476 e. The van der Waals surface area contributed by atoms with Gasteiger partial charge in [0, 0.05) is 12.2 Å². The highest BCUT2D eigenvalue weighted by Gasteiger charge is 2.15. The number of nitrogens with zero attached hydrogens (tertiary/aromatic N) is 1. The van der Waals surface area contributed by atoms with Gasteiger partial charge in [-0.05, 0) is 31.6 Å². The third-order valence-corrected chi connectivity index (χ3v) is 3.50. The molecule has 0 atom stereocenters. The molecule has 1 aromatic rings. The molecular weight excluding hydrogens is 406 g/mol. The monoisotopic (exact) mass is 434 g/mol. The summed E-state index contributed by atoms with van der Waals surface area (Å²) in [5, 5.41) is 2.48. The fourth-order valence-corrected chi connectivity index (χ4v) is 2.03. The maximum Gasteiger partial charge on any atom is 0.393 e. The van der Waals surface area contributed by atoms with Crippen LogP contribution in [0, 0.1) is 5.82 Å². The standard InChI is InChI=1S/C12H13F2NO.C11H15NO3/c1-2-3-7-15-12(16)11-9(8-13)5-4-6-10(11)14;1-5-6-7-8-9(2)12-10(14-3)11(13)15-4/h2-6H,7-8H2,1H3,(H,15,16);5-8H,1H2,2-4H3/b3-2-;7-6+,9-8+,12-10?. The quantitative estimate of drug-likeness (QED) is 0.226. The molecule has 6 nitrogen and oxygen atoms in total. The van der Waals surface area contributed by atoms with Crippen LogP contribution < -0.4 is 5.32 Å². The van der Waals surface area contributed by atoms with Crippen LogP contribution in [0.25, 0.3) is 0 Å². The van der Waals surface area contributed by atoms with Crippen LogP contribution in [0.15, 0.2) is 71.9 Å². The molecule has 1 amide bonds. The van der Waals surface area contributed by atoms with Crippen LogP contribution in [0.1, 0.15) is 29.8 Å². The second-order valence-electron chi connectivity index (χ2n) is 5.73. The van der Waals surface area contributed by atoms with Crippen molar-refractivity contribution >= 4 is 17.8 Å². The fourth-order valence-electron chi connectivity index (χ4n) is 2.03. The second kappa shape index (κ2) is 16.3. The van der Waals surface area contributed by atoms with Gasteiger partial charge in [0.25, 0.3) is 5.91 Å². The van der Waals surface area contributed by atoms with Crippen LogP contribution in [-0.4, -0.2) is 38.5 Å². The van der Waals surface area contributed by atoms with Crippen molar-refractivity contribution in [1.82, 2.24) is 5.32 Å². The van der Waals surface area contributed by atoms with Gasteiger partial charge in [0.05, 0.1) is 19.8 Å². The zero-order chi connectivity index (χ0) is 23.6. The molecule has 1 N–H and O–H groups in total. The Kier molecular flexibility index (Phi) is 14.4. The summed E-state index contributed by atoms with van der Waals surface area (Å²) in [7, 11) is 2.64. The molecule has 0 spiro atoms. The van der Waals surface area contributed by atoms with Crippen molar-refractivity contribution < 1.29 is 27.8 Å². The van der Waals surface area contributed by atoms with E-state index in [9.17, 15) is 18.4 Å². The molecule has 0 aliphatic carbocycles. The lowest BCUT2D eigenvalue weighted by atomic mass is 10.1. The van der Waals surface area contributed by atoms with Crippen LogP contribution >= 0.6 is 0 Å². The van der Waals surface area contributed by atoms with Crippen molar-refractivity contribution in [3.8, 4) is 0 Å². The van der Waals surface area contributed by atoms with Crippen molar-refractivity contribution in [3.05, 3.63) is 83.9 Å². The van der Waals surface area contributed by atoms with Crippen molar-refractivity contribution in [1.29, 1.82) is 0 Å². The van der Waals surface area contributed by atoms with Crippen LogP contribution in [-0.2, 0) is 20.9 Å². The minimum Gasteiger partial charge on any atom is -0.476 e. The Morgan fingerprint density at radius 2 is 1.94 bits per heavy atom. The summed E-state index contributed by atoms with van der Waals surface area (Å²) in [4.78, 5) is 26.6. The topological polar surface area (TPSA) is 77.0 Å². The Morgan fingerprint density at radius 1 is 1.23 bits per heavy atom. The molecule has 31 heavy (non-hydrogen) atoms. The summed E-state index contributed by atoms with van der Waals surface area (Å²) < 4.78 is 35.1. The zero-order valence-corrected chi connectivity index (χ0v) is 18.2. The van der Waals surface area contributed by atoms with Crippen LogP contribution in [0.4, 0.5) is 8.78 Å². The Labute approximate surface area is 181 Å². The second-order valence-corrected chi connectivity index (χ2v) is 5.73. The van der Waals surface area contributed by atoms with E-state index in [4.69, 9.17) is 4.74 Å². The van der Waals surface area contributed by atoms with Gasteiger partial charge in [0.15, 0.2) is 0 Å². The molecule has 0 unspecified atom stereocenters. The lowest BCUT2D eigenvalue weighted by Crippen LogP contribution is -2.25. The Bertz CT molecular complexity index is 859. The maximum absolute atomic E-state index is 13.4. The third kappa shape index (κ3) is 10.7. The van der Waals surface area contributed by atoms with Gasteiger partial charge in [-0.15, -0.1) is 0 Å². The summed E-state index contributed by atoms with van der Waals surface area (Å²) in [6.07, 6.45) is 10.4. The summed E-state index contributed by atoms with van der Waals surface area (Å²) in [6.45, 7) is 6.52. The number of rotatable bonds is 7. The number of halogens is 2. The van der Waals surface area contributed by atoms with Gasteiger partial charge < -0.3 is 14.8 Å². The molecule has 1 aromatic carbocycles. The lowest BCUT2D eigenvalue weighted by Gasteiger charge is -2.07. The number of esters is 1. The van der Waals surface area contributed by atoms with E-state index in [1.54, 1.807) is 43.4 Å². The fraction of sp³-hybridized carbons (Fsp3) is 0.261. The van der Waals surface area contributed by atoms with Gasteiger partial charge in [0.2, 0.25) is 0 Å². The first-order valence-corrected chi connectivity index (χ1v) is 9.25. The summed E-state index contributed by atoms with van der Waals surface area (Å²) in [5.74, 6) is -1.96. The predicted octanol–water partition coefficient (Wildman–Crippen LogP) is 4.45. The first kappa shape index (κ1) is 27.5. The minimum atomic E-state index is -0.857. The zero-order valence-electron chi connectivity index (χ0n) is 18.2.